The molecule has 0 spiro atoms. The highest BCUT2D eigenvalue weighted by molar-refractivity contribution is 8.00. The van der Waals surface area contributed by atoms with Crippen molar-refractivity contribution >= 4 is 28.4 Å². The fourth-order valence-corrected chi connectivity index (χ4v) is 5.49. The largest absolute Gasteiger partial charge is 0.348 e. The van der Waals surface area contributed by atoms with Crippen molar-refractivity contribution in [1.29, 1.82) is 0 Å². The van der Waals surface area contributed by atoms with Crippen molar-refractivity contribution in [3.63, 3.8) is 0 Å². The van der Waals surface area contributed by atoms with Crippen LogP contribution in [-0.2, 0) is 11.2 Å². The van der Waals surface area contributed by atoms with E-state index in [1.165, 1.54) is 47.4 Å². The molecular weight excluding hydrogens is 392 g/mol. The van der Waals surface area contributed by atoms with Crippen molar-refractivity contribution in [2.24, 2.45) is 0 Å². The maximum atomic E-state index is 12.4. The van der Waals surface area contributed by atoms with Crippen molar-refractivity contribution in [1.82, 2.24) is 19.7 Å². The van der Waals surface area contributed by atoms with Crippen LogP contribution in [0, 0.1) is 0 Å². The molecule has 0 bridgehead atoms. The first-order valence-electron chi connectivity index (χ1n) is 10.8. The second-order valence-electron chi connectivity index (χ2n) is 8.37. The molecule has 4 rings (SSSR count). The van der Waals surface area contributed by atoms with Gasteiger partial charge in [-0.05, 0) is 36.1 Å². The number of hydrogen-bond acceptors (Lipinski definition) is 4. The van der Waals surface area contributed by atoms with Crippen LogP contribution in [0.3, 0.4) is 0 Å². The summed E-state index contributed by atoms with van der Waals surface area (Å²) < 4.78 is 2.34. The molecule has 2 aromatic carbocycles. The highest BCUT2D eigenvalue weighted by Gasteiger charge is 2.26. The smallest absolute Gasteiger partial charge is 0.235 e. The molecule has 6 heteroatoms. The zero-order valence-corrected chi connectivity index (χ0v) is 18.9. The lowest BCUT2D eigenvalue weighted by Gasteiger charge is -2.26. The maximum Gasteiger partial charge on any atom is 0.235 e. The summed E-state index contributed by atoms with van der Waals surface area (Å²) in [5.74, 6) is 1.11. The lowest BCUT2D eigenvalue weighted by Crippen LogP contribution is -2.30. The predicted molar refractivity (Wildman–Crippen MR) is 123 cm³/mol. The Labute approximate surface area is 182 Å². The first-order valence-corrected chi connectivity index (χ1v) is 11.7. The zero-order chi connectivity index (χ0) is 21.1. The van der Waals surface area contributed by atoms with Gasteiger partial charge in [0.05, 0.1) is 5.25 Å². The number of aromatic nitrogens is 3. The van der Waals surface area contributed by atoms with E-state index in [0.29, 0.717) is 6.04 Å². The van der Waals surface area contributed by atoms with E-state index in [-0.39, 0.29) is 11.2 Å². The molecule has 1 fully saturated rings. The van der Waals surface area contributed by atoms with Crippen LogP contribution in [0.15, 0.2) is 47.6 Å². The Hall–Kier alpha value is -2.34. The van der Waals surface area contributed by atoms with E-state index >= 15 is 0 Å². The van der Waals surface area contributed by atoms with Crippen LogP contribution in [0.5, 0.6) is 0 Å². The van der Waals surface area contributed by atoms with Crippen molar-refractivity contribution in [3.8, 4) is 0 Å². The standard InChI is InChI=1S/C24H30N4OS/c1-17(23(29)27(2)3)30-24-26-25-22(28(24)20-13-5-4-6-14-20)16-19-12-9-11-18-10-7-8-15-21(18)19/h7-12,15,17,20H,4-6,13-14,16H2,1-3H3/t17-/m0/s1. The number of thioether (sulfide) groups is 1. The van der Waals surface area contributed by atoms with Crippen LogP contribution in [0.1, 0.15) is 56.5 Å². The van der Waals surface area contributed by atoms with Crippen molar-refractivity contribution < 1.29 is 4.79 Å². The van der Waals surface area contributed by atoms with E-state index in [0.717, 1.165) is 30.2 Å². The molecule has 1 aromatic heterocycles. The summed E-state index contributed by atoms with van der Waals surface area (Å²) in [4.78, 5) is 14.1. The fourth-order valence-electron chi connectivity index (χ4n) is 4.40. The number of nitrogens with zero attached hydrogens (tertiary/aromatic N) is 4. The monoisotopic (exact) mass is 422 g/mol. The molecule has 1 atom stereocenters. The van der Waals surface area contributed by atoms with Gasteiger partial charge in [-0.15, -0.1) is 10.2 Å². The Morgan fingerprint density at radius 1 is 1.10 bits per heavy atom. The maximum absolute atomic E-state index is 12.4. The average molecular weight is 423 g/mol. The van der Waals surface area contributed by atoms with Crippen molar-refractivity contribution in [2.75, 3.05) is 14.1 Å². The average Bonchev–Trinajstić information content (AvgIpc) is 3.15. The molecule has 0 radical (unpaired) electrons. The Morgan fingerprint density at radius 3 is 2.60 bits per heavy atom. The summed E-state index contributed by atoms with van der Waals surface area (Å²) in [7, 11) is 3.61. The SMILES string of the molecule is C[C@H](Sc1nnc(Cc2cccc3ccccc23)n1C1CCCCC1)C(=O)N(C)C. The van der Waals surface area contributed by atoms with Crippen LogP contribution in [0.2, 0.25) is 0 Å². The molecule has 0 saturated heterocycles. The second kappa shape index (κ2) is 9.21. The first-order chi connectivity index (χ1) is 14.5. The van der Waals surface area contributed by atoms with Gasteiger partial charge in [-0.1, -0.05) is 73.5 Å². The summed E-state index contributed by atoms with van der Waals surface area (Å²) in [5, 5.41) is 12.4. The summed E-state index contributed by atoms with van der Waals surface area (Å²) in [6, 6.07) is 15.4. The summed E-state index contributed by atoms with van der Waals surface area (Å²) >= 11 is 1.53. The van der Waals surface area contributed by atoms with E-state index in [4.69, 9.17) is 0 Å². The number of carbonyl (C=O) groups is 1. The zero-order valence-electron chi connectivity index (χ0n) is 18.0. The summed E-state index contributed by atoms with van der Waals surface area (Å²) in [5.41, 5.74) is 1.27. The van der Waals surface area contributed by atoms with E-state index < -0.39 is 0 Å². The predicted octanol–water partition coefficient (Wildman–Crippen LogP) is 5.10. The molecule has 1 heterocycles. The molecule has 30 heavy (non-hydrogen) atoms. The number of fused-ring (bicyclic) bond motifs is 1. The van der Waals surface area contributed by atoms with Crippen LogP contribution in [-0.4, -0.2) is 44.9 Å². The molecule has 0 N–H and O–H groups in total. The van der Waals surface area contributed by atoms with Gasteiger partial charge in [-0.3, -0.25) is 4.79 Å². The van der Waals surface area contributed by atoms with Crippen LogP contribution in [0.4, 0.5) is 0 Å². The van der Waals surface area contributed by atoms with Crippen LogP contribution >= 0.6 is 11.8 Å². The molecular formula is C24H30N4OS. The minimum Gasteiger partial charge on any atom is -0.348 e. The number of rotatable bonds is 6. The third kappa shape index (κ3) is 4.38. The van der Waals surface area contributed by atoms with Gasteiger partial charge in [-0.25, -0.2) is 0 Å². The van der Waals surface area contributed by atoms with E-state index in [1.807, 2.05) is 6.92 Å². The molecule has 1 aliphatic carbocycles. The fraction of sp³-hybridized carbons (Fsp3) is 0.458. The van der Waals surface area contributed by atoms with Gasteiger partial charge in [0.25, 0.3) is 0 Å². The molecule has 3 aromatic rings. The lowest BCUT2D eigenvalue weighted by atomic mass is 9.95. The normalized spacial score (nSPS) is 16.0. The highest BCUT2D eigenvalue weighted by Crippen LogP contribution is 2.35. The van der Waals surface area contributed by atoms with E-state index in [9.17, 15) is 4.79 Å². The number of hydrogen-bond donors (Lipinski definition) is 0. The van der Waals surface area contributed by atoms with Crippen LogP contribution < -0.4 is 0 Å². The number of amides is 1. The summed E-state index contributed by atoms with van der Waals surface area (Å²) in [6.45, 7) is 1.96. The molecule has 1 amide bonds. The Balaban J connectivity index is 1.68. The molecule has 158 valence electrons. The molecule has 1 aliphatic rings. The molecule has 0 aliphatic heterocycles. The molecule has 0 unspecified atom stereocenters. The minimum atomic E-state index is -0.183. The first kappa shape index (κ1) is 20.9. The molecule has 1 saturated carbocycles. The van der Waals surface area contributed by atoms with Gasteiger partial charge >= 0.3 is 0 Å². The van der Waals surface area contributed by atoms with Gasteiger partial charge in [-0.2, -0.15) is 0 Å². The van der Waals surface area contributed by atoms with Gasteiger partial charge < -0.3 is 9.47 Å². The summed E-state index contributed by atoms with van der Waals surface area (Å²) in [6.07, 6.45) is 6.85. The van der Waals surface area contributed by atoms with Gasteiger partial charge in [0.1, 0.15) is 5.82 Å². The molecule has 5 nitrogen and oxygen atoms in total. The highest BCUT2D eigenvalue weighted by atomic mass is 32.2. The van der Waals surface area contributed by atoms with Gasteiger partial charge in [0.2, 0.25) is 5.91 Å². The Morgan fingerprint density at radius 2 is 1.83 bits per heavy atom. The van der Waals surface area contributed by atoms with Crippen LogP contribution in [0.25, 0.3) is 10.8 Å². The van der Waals surface area contributed by atoms with E-state index in [2.05, 4.69) is 57.2 Å². The van der Waals surface area contributed by atoms with Crippen molar-refractivity contribution in [3.05, 3.63) is 53.9 Å². The lowest BCUT2D eigenvalue weighted by molar-refractivity contribution is -0.127. The van der Waals surface area contributed by atoms with Crippen molar-refractivity contribution in [2.45, 2.75) is 61.9 Å². The quantitative estimate of drug-likeness (QED) is 0.519. The Bertz CT molecular complexity index is 1020. The van der Waals surface area contributed by atoms with Gasteiger partial charge in [0, 0.05) is 26.6 Å². The topological polar surface area (TPSA) is 51.0 Å². The second-order valence-corrected chi connectivity index (χ2v) is 9.68. The minimum absolute atomic E-state index is 0.105. The third-order valence-corrected chi connectivity index (χ3v) is 7.02. The number of carbonyl (C=O) groups excluding carboxylic acids is 1. The number of benzene rings is 2. The Kier molecular flexibility index (Phi) is 6.42. The van der Waals surface area contributed by atoms with Gasteiger partial charge in [0.15, 0.2) is 5.16 Å². The van der Waals surface area contributed by atoms with E-state index in [1.54, 1.807) is 19.0 Å². The third-order valence-electron chi connectivity index (χ3n) is 5.97.